The molecule has 9 heteroatoms. The molecule has 0 bridgehead atoms. The highest BCUT2D eigenvalue weighted by molar-refractivity contribution is 6.50. The molecule has 1 aliphatic heterocycles. The van der Waals surface area contributed by atoms with E-state index < -0.39 is 5.91 Å². The molecule has 1 heterocycles. The average molecular weight is 447 g/mol. The largest absolute Gasteiger partial charge is 0.366 e. The second kappa shape index (κ2) is 8.15. The van der Waals surface area contributed by atoms with Crippen LogP contribution in [-0.4, -0.2) is 24.9 Å². The van der Waals surface area contributed by atoms with Crippen molar-refractivity contribution in [2.75, 3.05) is 23.3 Å². The predicted octanol–water partition coefficient (Wildman–Crippen LogP) is 4.79. The maximum Gasteiger partial charge on any atom is 0.249 e. The molecule has 0 unspecified atom stereocenters. The molecule has 0 fully saturated rings. The van der Waals surface area contributed by atoms with E-state index in [9.17, 15) is 9.59 Å². The van der Waals surface area contributed by atoms with E-state index in [1.165, 1.54) is 6.07 Å². The van der Waals surface area contributed by atoms with Crippen molar-refractivity contribution in [2.45, 2.75) is 12.8 Å². The molecule has 2 aromatic rings. The molecule has 3 rings (SSSR count). The van der Waals surface area contributed by atoms with E-state index in [1.54, 1.807) is 12.1 Å². The lowest BCUT2D eigenvalue weighted by Crippen LogP contribution is -2.37. The number of hydrogen-bond donors (Lipinski definition) is 2. The van der Waals surface area contributed by atoms with Gasteiger partial charge in [-0.1, -0.05) is 52.5 Å². The molecule has 0 saturated carbocycles. The summed E-state index contributed by atoms with van der Waals surface area (Å²) in [4.78, 5) is 26.1. The Morgan fingerprint density at radius 2 is 1.78 bits per heavy atom. The number of nitrogens with one attached hydrogen (secondary N) is 1. The number of benzene rings is 2. The number of nitrogens with two attached hydrogens (primary N) is 1. The Kier molecular flexibility index (Phi) is 6.06. The van der Waals surface area contributed by atoms with E-state index in [-0.39, 0.29) is 38.2 Å². The molecule has 2 aromatic carbocycles. The Hall–Kier alpha value is -1.66. The lowest BCUT2D eigenvalue weighted by molar-refractivity contribution is -0.115. The minimum absolute atomic E-state index is 0.0476. The van der Waals surface area contributed by atoms with Gasteiger partial charge in [-0.25, -0.2) is 0 Å². The highest BCUT2D eigenvalue weighted by atomic mass is 35.5. The van der Waals surface area contributed by atoms with E-state index in [1.807, 2.05) is 11.0 Å². The normalized spacial score (nSPS) is 13.3. The van der Waals surface area contributed by atoms with Crippen LogP contribution in [0.4, 0.5) is 11.4 Å². The summed E-state index contributed by atoms with van der Waals surface area (Å²) in [6.45, 7) is 0.715. The van der Waals surface area contributed by atoms with Gasteiger partial charge < -0.3 is 16.0 Å². The first-order valence-electron chi connectivity index (χ1n) is 8.09. The van der Waals surface area contributed by atoms with Gasteiger partial charge in [0.1, 0.15) is 0 Å². The average Bonchev–Trinajstić information content (AvgIpc) is 2.63. The maximum absolute atomic E-state index is 12.6. The lowest BCUT2D eigenvalue weighted by Gasteiger charge is -2.31. The number of hydrogen-bond acceptors (Lipinski definition) is 3. The summed E-state index contributed by atoms with van der Waals surface area (Å²) in [6, 6.07) is 6.72. The van der Waals surface area contributed by atoms with E-state index >= 15 is 0 Å². The van der Waals surface area contributed by atoms with Gasteiger partial charge in [0.2, 0.25) is 11.8 Å². The quantitative estimate of drug-likeness (QED) is 0.662. The van der Waals surface area contributed by atoms with Crippen LogP contribution in [0.2, 0.25) is 20.1 Å². The van der Waals surface area contributed by atoms with Crippen molar-refractivity contribution < 1.29 is 9.59 Å². The van der Waals surface area contributed by atoms with Crippen molar-refractivity contribution in [3.05, 3.63) is 55.5 Å². The topological polar surface area (TPSA) is 75.4 Å². The number of carbonyl (C=O) groups excluding carboxylic acids is 2. The van der Waals surface area contributed by atoms with Gasteiger partial charge in [-0.05, 0) is 36.6 Å². The number of primary amides is 1. The van der Waals surface area contributed by atoms with Crippen molar-refractivity contribution in [3.8, 4) is 0 Å². The van der Waals surface area contributed by atoms with Crippen molar-refractivity contribution >= 4 is 69.6 Å². The summed E-state index contributed by atoms with van der Waals surface area (Å²) in [6.07, 6.45) is 1.53. The first-order valence-corrected chi connectivity index (χ1v) is 9.60. The summed E-state index contributed by atoms with van der Waals surface area (Å²) in [5.74, 6) is -0.820. The zero-order chi connectivity index (χ0) is 19.7. The minimum Gasteiger partial charge on any atom is -0.366 e. The third-order valence-electron chi connectivity index (χ3n) is 4.32. The molecule has 5 nitrogen and oxygen atoms in total. The summed E-state index contributed by atoms with van der Waals surface area (Å²) in [7, 11) is 0. The molecular weight excluding hydrogens is 432 g/mol. The maximum atomic E-state index is 12.6. The molecule has 0 aliphatic carbocycles. The van der Waals surface area contributed by atoms with Gasteiger partial charge in [0.05, 0.1) is 32.3 Å². The van der Waals surface area contributed by atoms with Gasteiger partial charge in [-0.3, -0.25) is 9.59 Å². The van der Waals surface area contributed by atoms with Gasteiger partial charge in [0.15, 0.2) is 0 Å². The number of amides is 2. The van der Waals surface area contributed by atoms with E-state index in [0.717, 1.165) is 24.1 Å². The standard InChI is InChI=1S/C18H15Cl4N3O2/c19-11-7-12(20)16(22)17(15(11)21)24-14(26)8-25-6-2-4-9-10(18(23)27)3-1-5-13(9)25/h1,3,5,7H,2,4,6,8H2,(H2,23,27)(H,24,26). The van der Waals surface area contributed by atoms with Crippen molar-refractivity contribution in [1.29, 1.82) is 0 Å². The molecule has 3 N–H and O–H groups in total. The highest BCUT2D eigenvalue weighted by Crippen LogP contribution is 2.41. The predicted molar refractivity (Wildman–Crippen MR) is 111 cm³/mol. The Balaban J connectivity index is 1.84. The number of halogens is 4. The summed E-state index contributed by atoms with van der Waals surface area (Å²) >= 11 is 24.3. The van der Waals surface area contributed by atoms with Crippen LogP contribution >= 0.6 is 46.4 Å². The zero-order valence-electron chi connectivity index (χ0n) is 14.0. The van der Waals surface area contributed by atoms with E-state index in [4.69, 9.17) is 52.1 Å². The number of anilines is 2. The molecule has 142 valence electrons. The Bertz CT molecular complexity index is 907. The lowest BCUT2D eigenvalue weighted by atomic mass is 9.96. The molecule has 0 atom stereocenters. The molecule has 0 aromatic heterocycles. The third kappa shape index (κ3) is 4.11. The van der Waals surface area contributed by atoms with Gasteiger partial charge in [-0.15, -0.1) is 0 Å². The molecule has 0 radical (unpaired) electrons. The SMILES string of the molecule is NC(=O)c1cccc2c1CCCN2CC(=O)Nc1c(Cl)c(Cl)cc(Cl)c1Cl. The Morgan fingerprint density at radius 3 is 2.41 bits per heavy atom. The minimum atomic E-state index is -0.481. The van der Waals surface area contributed by atoms with Gasteiger partial charge >= 0.3 is 0 Å². The van der Waals surface area contributed by atoms with Crippen LogP contribution in [0.5, 0.6) is 0 Å². The van der Waals surface area contributed by atoms with Crippen LogP contribution < -0.4 is 16.0 Å². The van der Waals surface area contributed by atoms with Gasteiger partial charge in [-0.2, -0.15) is 0 Å². The van der Waals surface area contributed by atoms with Crippen molar-refractivity contribution in [1.82, 2.24) is 0 Å². The smallest absolute Gasteiger partial charge is 0.249 e. The Morgan fingerprint density at radius 1 is 1.11 bits per heavy atom. The number of fused-ring (bicyclic) bond motifs is 1. The first kappa shape index (κ1) is 20.1. The fraction of sp³-hybridized carbons (Fsp3) is 0.222. The zero-order valence-corrected chi connectivity index (χ0v) is 17.0. The fourth-order valence-electron chi connectivity index (χ4n) is 3.13. The van der Waals surface area contributed by atoms with Crippen LogP contribution in [-0.2, 0) is 11.2 Å². The van der Waals surface area contributed by atoms with Gasteiger partial charge in [0, 0.05) is 17.8 Å². The van der Waals surface area contributed by atoms with Gasteiger partial charge in [0.25, 0.3) is 0 Å². The Labute approximate surface area is 176 Å². The number of nitrogens with zero attached hydrogens (tertiary/aromatic N) is 1. The second-order valence-corrected chi connectivity index (χ2v) is 7.65. The molecule has 0 spiro atoms. The molecule has 2 amide bonds. The summed E-state index contributed by atoms with van der Waals surface area (Å²) < 4.78 is 0. The number of rotatable bonds is 4. The summed E-state index contributed by atoms with van der Waals surface area (Å²) in [5.41, 5.74) is 7.77. The van der Waals surface area contributed by atoms with Crippen LogP contribution in [0.15, 0.2) is 24.3 Å². The first-order chi connectivity index (χ1) is 12.8. The molecule has 1 aliphatic rings. The molecule has 0 saturated heterocycles. The van der Waals surface area contributed by atoms with E-state index in [0.29, 0.717) is 12.1 Å². The van der Waals surface area contributed by atoms with Crippen LogP contribution in [0.3, 0.4) is 0 Å². The second-order valence-electron chi connectivity index (χ2n) is 6.08. The number of carbonyl (C=O) groups is 2. The third-order valence-corrected chi connectivity index (χ3v) is 5.90. The fourth-order valence-corrected chi connectivity index (χ4v) is 4.04. The van der Waals surface area contributed by atoms with Crippen molar-refractivity contribution in [2.24, 2.45) is 5.73 Å². The van der Waals surface area contributed by atoms with Crippen LogP contribution in [0.1, 0.15) is 22.3 Å². The monoisotopic (exact) mass is 445 g/mol. The highest BCUT2D eigenvalue weighted by Gasteiger charge is 2.24. The summed E-state index contributed by atoms with van der Waals surface area (Å²) in [5, 5.41) is 3.29. The van der Waals surface area contributed by atoms with E-state index in [2.05, 4.69) is 5.32 Å². The molecule has 27 heavy (non-hydrogen) atoms. The van der Waals surface area contributed by atoms with Crippen molar-refractivity contribution in [3.63, 3.8) is 0 Å². The van der Waals surface area contributed by atoms with Crippen LogP contribution in [0.25, 0.3) is 0 Å². The van der Waals surface area contributed by atoms with Crippen LogP contribution in [0, 0.1) is 0 Å². The molecular formula is C18H15Cl4N3O2.